The maximum Gasteiger partial charge on any atom is 0.286 e. The highest BCUT2D eigenvalue weighted by molar-refractivity contribution is 7.17. The van der Waals surface area contributed by atoms with Gasteiger partial charge in [-0.05, 0) is 63.8 Å². The van der Waals surface area contributed by atoms with E-state index in [1.807, 2.05) is 0 Å². The monoisotopic (exact) mass is 765 g/mol. The van der Waals surface area contributed by atoms with Crippen molar-refractivity contribution in [3.05, 3.63) is 45.4 Å². The molecule has 0 saturated heterocycles. The highest BCUT2D eigenvalue weighted by atomic mass is 32.1. The van der Waals surface area contributed by atoms with Gasteiger partial charge in [0.2, 0.25) is 11.8 Å². The van der Waals surface area contributed by atoms with Crippen molar-refractivity contribution in [2.24, 2.45) is 5.41 Å². The number of methoxy groups -OCH3 is 1. The Labute approximate surface area is 322 Å². The predicted molar refractivity (Wildman–Crippen MR) is 209 cm³/mol. The number of hydrogen-bond donors (Lipinski definition) is 1. The van der Waals surface area contributed by atoms with Crippen LogP contribution in [0.25, 0.3) is 17.3 Å². The summed E-state index contributed by atoms with van der Waals surface area (Å²) in [6.07, 6.45) is 5.18. The van der Waals surface area contributed by atoms with E-state index >= 15 is 0 Å². The van der Waals surface area contributed by atoms with Crippen molar-refractivity contribution in [1.82, 2.24) is 19.9 Å². The van der Waals surface area contributed by atoms with Crippen molar-refractivity contribution < 1.29 is 38.6 Å². The van der Waals surface area contributed by atoms with Crippen molar-refractivity contribution in [3.63, 3.8) is 0 Å². The Hall–Kier alpha value is -4.69. The third kappa shape index (κ3) is 9.15. The molecule has 1 aromatic carbocycles. The number of anilines is 1. The molecule has 1 aliphatic rings. The molecule has 0 spiro atoms. The maximum atomic E-state index is 14.7. The zero-order valence-electron chi connectivity index (χ0n) is 33.7. The van der Waals surface area contributed by atoms with Crippen molar-refractivity contribution >= 4 is 58.0 Å². The highest BCUT2D eigenvalue weighted by Gasteiger charge is 2.49. The van der Waals surface area contributed by atoms with Crippen molar-refractivity contribution in [3.8, 4) is 17.0 Å². The summed E-state index contributed by atoms with van der Waals surface area (Å²) in [5, 5.41) is 12.0. The molecule has 0 radical (unpaired) electrons. The zero-order chi connectivity index (χ0) is 40.9. The molecule has 14 heteroatoms. The van der Waals surface area contributed by atoms with E-state index < -0.39 is 52.0 Å². The smallest absolute Gasteiger partial charge is 0.286 e. The SMILES string of the molecule is CCCCN(CCCC)c1nc(-c2c(CO)cccc2OC)c(/C=C2\C(=O)N(N(C(C)=O)C(=O)C(C)(C)C)C(=O)C(C(=O)N(C(C)=O)C(C)(C)C)=C2C)s1. The van der Waals surface area contributed by atoms with Gasteiger partial charge in [-0.2, -0.15) is 10.0 Å². The van der Waals surface area contributed by atoms with Crippen LogP contribution in [0.3, 0.4) is 0 Å². The Balaban J connectivity index is 2.55. The van der Waals surface area contributed by atoms with Crippen molar-refractivity contribution in [2.45, 2.75) is 114 Å². The molecule has 294 valence electrons. The van der Waals surface area contributed by atoms with E-state index in [2.05, 4.69) is 18.7 Å². The normalized spacial score (nSPS) is 14.5. The molecule has 0 fully saturated rings. The summed E-state index contributed by atoms with van der Waals surface area (Å²) in [5.74, 6) is -5.24. The molecule has 0 unspecified atom stereocenters. The number of nitrogens with zero attached hydrogens (tertiary/aromatic N) is 5. The van der Waals surface area contributed by atoms with Gasteiger partial charge in [0.25, 0.3) is 23.6 Å². The van der Waals surface area contributed by atoms with E-state index in [0.717, 1.165) is 37.5 Å². The Morgan fingerprint density at radius 2 is 1.54 bits per heavy atom. The number of carbonyl (C=O) groups excluding carboxylic acids is 6. The number of carbonyl (C=O) groups is 6. The van der Waals surface area contributed by atoms with Gasteiger partial charge >= 0.3 is 0 Å². The van der Waals surface area contributed by atoms with Crippen LogP contribution in [0.15, 0.2) is 34.9 Å². The summed E-state index contributed by atoms with van der Waals surface area (Å²) < 4.78 is 5.73. The van der Waals surface area contributed by atoms with E-state index in [9.17, 15) is 33.9 Å². The summed E-state index contributed by atoms with van der Waals surface area (Å²) in [6, 6.07) is 5.21. The minimum atomic E-state index is -1.22. The van der Waals surface area contributed by atoms with Gasteiger partial charge < -0.3 is 14.7 Å². The van der Waals surface area contributed by atoms with Crippen molar-refractivity contribution in [2.75, 3.05) is 25.1 Å². The van der Waals surface area contributed by atoms with Gasteiger partial charge in [-0.1, -0.05) is 70.9 Å². The van der Waals surface area contributed by atoms with Crippen molar-refractivity contribution in [1.29, 1.82) is 0 Å². The lowest BCUT2D eigenvalue weighted by Gasteiger charge is -2.39. The molecule has 6 amide bonds. The second-order valence-corrected chi connectivity index (χ2v) is 16.3. The third-order valence-corrected chi connectivity index (χ3v) is 9.90. The van der Waals surface area contributed by atoms with Crippen LogP contribution in [0.1, 0.15) is 112 Å². The average molecular weight is 766 g/mol. The first kappa shape index (κ1) is 43.7. The van der Waals surface area contributed by atoms with Crippen LogP contribution in [0.2, 0.25) is 0 Å². The number of ether oxygens (including phenoxy) is 1. The van der Waals surface area contributed by atoms with Crippen LogP contribution in [-0.4, -0.2) is 86.2 Å². The number of thiazole rings is 1. The third-order valence-electron chi connectivity index (χ3n) is 8.83. The molecule has 0 aliphatic carbocycles. The minimum absolute atomic E-state index is 0.0504. The summed E-state index contributed by atoms with van der Waals surface area (Å²) >= 11 is 1.28. The Morgan fingerprint density at radius 1 is 0.944 bits per heavy atom. The van der Waals surface area contributed by atoms with E-state index in [0.29, 0.717) is 55.7 Å². The van der Waals surface area contributed by atoms with Crippen LogP contribution in [-0.2, 0) is 35.4 Å². The molecule has 13 nitrogen and oxygen atoms in total. The number of aliphatic hydroxyl groups excluding tert-OH is 1. The van der Waals surface area contributed by atoms with Gasteiger partial charge in [0.05, 0.1) is 24.3 Å². The molecule has 1 aliphatic heterocycles. The zero-order valence-corrected chi connectivity index (χ0v) is 34.5. The Kier molecular flexibility index (Phi) is 14.3. The molecule has 0 bridgehead atoms. The summed E-state index contributed by atoms with van der Waals surface area (Å²) in [5.41, 5.74) is -1.70. The van der Waals surface area contributed by atoms with E-state index in [4.69, 9.17) is 9.72 Å². The number of unbranched alkanes of at least 4 members (excludes halogenated alkanes) is 2. The van der Waals surface area contributed by atoms with Gasteiger partial charge in [-0.3, -0.25) is 33.7 Å². The second kappa shape index (κ2) is 17.6. The molecular formula is C40H55N5O8S. The van der Waals surface area contributed by atoms with Crippen LogP contribution in [0.4, 0.5) is 5.13 Å². The number of hydrogen-bond acceptors (Lipinski definition) is 11. The topological polar surface area (TPSA) is 158 Å². The van der Waals surface area contributed by atoms with Crippen LogP contribution >= 0.6 is 11.3 Å². The first-order valence-corrected chi connectivity index (χ1v) is 19.0. The molecule has 3 rings (SSSR count). The van der Waals surface area contributed by atoms with Gasteiger partial charge in [0.1, 0.15) is 11.3 Å². The fourth-order valence-electron chi connectivity index (χ4n) is 6.11. The largest absolute Gasteiger partial charge is 0.496 e. The number of imide groups is 3. The maximum absolute atomic E-state index is 14.7. The highest BCUT2D eigenvalue weighted by Crippen LogP contribution is 2.42. The Morgan fingerprint density at radius 3 is 2.00 bits per heavy atom. The molecule has 0 atom stereocenters. The number of benzene rings is 1. The number of hydrazine groups is 1. The average Bonchev–Trinajstić information content (AvgIpc) is 3.49. The molecule has 1 aromatic heterocycles. The quantitative estimate of drug-likeness (QED) is 0.140. The molecule has 1 N–H and O–H groups in total. The van der Waals surface area contributed by atoms with Crippen LogP contribution in [0.5, 0.6) is 5.75 Å². The number of aliphatic hydroxyl groups is 1. The lowest BCUT2D eigenvalue weighted by atomic mass is 9.91. The van der Waals surface area contributed by atoms with Gasteiger partial charge in [-0.15, -0.1) is 0 Å². The van der Waals surface area contributed by atoms with Gasteiger partial charge in [0.15, 0.2) is 5.13 Å². The van der Waals surface area contributed by atoms with Gasteiger partial charge in [-0.25, -0.2) is 4.98 Å². The van der Waals surface area contributed by atoms with Gasteiger partial charge in [0, 0.05) is 49.0 Å². The molecule has 0 saturated carbocycles. The summed E-state index contributed by atoms with van der Waals surface area (Å²) in [7, 11) is 1.50. The molecule has 2 aromatic rings. The van der Waals surface area contributed by atoms with E-state index in [1.54, 1.807) is 39.0 Å². The van der Waals surface area contributed by atoms with Crippen LogP contribution in [0, 0.1) is 5.41 Å². The number of aromatic nitrogens is 1. The number of rotatable bonds is 13. The summed E-state index contributed by atoms with van der Waals surface area (Å²) in [4.78, 5) is 92.0. The molecular weight excluding hydrogens is 711 g/mol. The van der Waals surface area contributed by atoms with Crippen LogP contribution < -0.4 is 9.64 Å². The second-order valence-electron chi connectivity index (χ2n) is 15.3. The standard InChI is InChI=1S/C40H55N5O8S/c1-13-15-20-42(21-16-14-2)38-41-33(32-27(23-46)18-17-19-29(32)53-12)30(54-38)22-28-24(3)31(35(50)43(25(4)47)40(9,10)11)36(51)45(34(28)49)44(26(5)48)37(52)39(6,7)8/h17-19,22,46H,13-16,20-21,23H2,1-12H3/b28-22-. The number of amides is 6. The predicted octanol–water partition coefficient (Wildman–Crippen LogP) is 6.30. The fraction of sp³-hybridized carbons (Fsp3) is 0.525. The summed E-state index contributed by atoms with van der Waals surface area (Å²) in [6.45, 7) is 18.4. The lowest BCUT2D eigenvalue weighted by Crippen LogP contribution is -2.61. The fourth-order valence-corrected chi connectivity index (χ4v) is 7.17. The first-order valence-electron chi connectivity index (χ1n) is 18.2. The van der Waals surface area contributed by atoms with E-state index in [1.165, 1.54) is 59.1 Å². The minimum Gasteiger partial charge on any atom is -0.496 e. The molecule has 54 heavy (non-hydrogen) atoms. The first-order chi connectivity index (χ1) is 25.2. The lowest BCUT2D eigenvalue weighted by molar-refractivity contribution is -0.180. The van der Waals surface area contributed by atoms with E-state index in [-0.39, 0.29) is 17.8 Å². The Bertz CT molecular complexity index is 1830. The molecule has 2 heterocycles.